The monoisotopic (exact) mass is 329 g/mol. The molecule has 0 bridgehead atoms. The van der Waals surface area contributed by atoms with Gasteiger partial charge in [-0.25, -0.2) is 0 Å². The Kier molecular flexibility index (Phi) is 7.28. The molecule has 0 aromatic carbocycles. The van der Waals surface area contributed by atoms with Crippen LogP contribution in [0.25, 0.3) is 0 Å². The standard InChI is InChI=1S/C13H17NOS3.C2H6/c1-13(2,3)15-10-7-9(8-14)18-11(10)12-16-5-4-6-17-12;1-2/h7,12H,4-6H2,1-3H3;1-2H3. The molecule has 0 atom stereocenters. The lowest BCUT2D eigenvalue weighted by atomic mass is 10.2. The number of hydrogen-bond donors (Lipinski definition) is 0. The highest BCUT2D eigenvalue weighted by atomic mass is 32.2. The van der Waals surface area contributed by atoms with Crippen LogP contribution in [0.3, 0.4) is 0 Å². The molecule has 0 aliphatic carbocycles. The van der Waals surface area contributed by atoms with Gasteiger partial charge in [-0.05, 0) is 38.7 Å². The van der Waals surface area contributed by atoms with E-state index in [1.165, 1.54) is 22.8 Å². The molecule has 0 radical (unpaired) electrons. The second-order valence-electron chi connectivity index (χ2n) is 5.09. The van der Waals surface area contributed by atoms with E-state index in [0.717, 1.165) is 10.6 Å². The maximum Gasteiger partial charge on any atom is 0.137 e. The third kappa shape index (κ3) is 5.23. The molecular formula is C15H23NOS3. The van der Waals surface area contributed by atoms with Crippen molar-refractivity contribution in [1.29, 1.82) is 5.26 Å². The Labute approximate surface area is 135 Å². The van der Waals surface area contributed by atoms with Crippen LogP contribution in [0.2, 0.25) is 0 Å². The van der Waals surface area contributed by atoms with Crippen LogP contribution in [0.1, 0.15) is 55.4 Å². The Morgan fingerprint density at radius 3 is 2.35 bits per heavy atom. The van der Waals surface area contributed by atoms with Crippen LogP contribution >= 0.6 is 34.9 Å². The first-order valence-corrected chi connectivity index (χ1v) is 9.87. The number of hydrogen-bond acceptors (Lipinski definition) is 5. The molecule has 20 heavy (non-hydrogen) atoms. The van der Waals surface area contributed by atoms with Crippen LogP contribution in [0, 0.1) is 11.3 Å². The van der Waals surface area contributed by atoms with E-state index in [1.54, 1.807) is 11.3 Å². The van der Waals surface area contributed by atoms with Gasteiger partial charge in [-0.1, -0.05) is 13.8 Å². The molecule has 1 aromatic heterocycles. The van der Waals surface area contributed by atoms with Crippen LogP contribution in [-0.2, 0) is 0 Å². The lowest BCUT2D eigenvalue weighted by molar-refractivity contribution is 0.130. The fourth-order valence-electron chi connectivity index (χ4n) is 1.66. The van der Waals surface area contributed by atoms with Gasteiger partial charge in [0.05, 0.1) is 9.46 Å². The molecule has 0 saturated carbocycles. The average molecular weight is 330 g/mol. The van der Waals surface area contributed by atoms with Gasteiger partial charge >= 0.3 is 0 Å². The molecule has 1 aromatic rings. The third-order valence-electron chi connectivity index (χ3n) is 2.29. The van der Waals surface area contributed by atoms with E-state index in [1.807, 2.05) is 64.2 Å². The fraction of sp³-hybridized carbons (Fsp3) is 0.667. The van der Waals surface area contributed by atoms with Gasteiger partial charge in [0, 0.05) is 6.07 Å². The largest absolute Gasteiger partial charge is 0.487 e. The van der Waals surface area contributed by atoms with E-state index < -0.39 is 0 Å². The van der Waals surface area contributed by atoms with E-state index >= 15 is 0 Å². The van der Waals surface area contributed by atoms with Crippen molar-refractivity contribution in [3.05, 3.63) is 15.8 Å². The van der Waals surface area contributed by atoms with Gasteiger partial charge in [0.25, 0.3) is 0 Å². The summed E-state index contributed by atoms with van der Waals surface area (Å²) in [6, 6.07) is 4.12. The summed E-state index contributed by atoms with van der Waals surface area (Å²) in [5.41, 5.74) is -0.216. The fourth-order valence-corrected chi connectivity index (χ4v) is 5.83. The Hall–Kier alpha value is -0.310. The van der Waals surface area contributed by atoms with Crippen molar-refractivity contribution in [3.63, 3.8) is 0 Å². The zero-order valence-corrected chi connectivity index (χ0v) is 15.3. The van der Waals surface area contributed by atoms with Gasteiger partial charge in [0.15, 0.2) is 0 Å². The van der Waals surface area contributed by atoms with Gasteiger partial charge in [-0.2, -0.15) is 5.26 Å². The molecule has 112 valence electrons. The normalized spacial score (nSPS) is 16.0. The Bertz CT molecular complexity index is 451. The van der Waals surface area contributed by atoms with E-state index in [2.05, 4.69) is 6.07 Å². The first-order valence-electron chi connectivity index (χ1n) is 6.95. The second kappa shape index (κ2) is 8.21. The highest BCUT2D eigenvalue weighted by molar-refractivity contribution is 8.17. The predicted octanol–water partition coefficient (Wildman–Crippen LogP) is 5.69. The summed E-state index contributed by atoms with van der Waals surface area (Å²) >= 11 is 5.51. The number of nitriles is 1. The summed E-state index contributed by atoms with van der Waals surface area (Å²) in [4.78, 5) is 1.96. The molecule has 1 fully saturated rings. The Balaban J connectivity index is 0.000000956. The van der Waals surface area contributed by atoms with Crippen LogP contribution in [0.5, 0.6) is 5.75 Å². The van der Waals surface area contributed by atoms with Gasteiger partial charge < -0.3 is 4.74 Å². The average Bonchev–Trinajstić information content (AvgIpc) is 2.83. The van der Waals surface area contributed by atoms with Gasteiger partial charge in [0.1, 0.15) is 22.3 Å². The van der Waals surface area contributed by atoms with Crippen LogP contribution < -0.4 is 4.74 Å². The summed E-state index contributed by atoms with van der Waals surface area (Å²) in [5.74, 6) is 3.30. The first-order chi connectivity index (χ1) is 9.49. The summed E-state index contributed by atoms with van der Waals surface area (Å²) < 4.78 is 6.43. The Morgan fingerprint density at radius 1 is 1.25 bits per heavy atom. The van der Waals surface area contributed by atoms with Gasteiger partial charge in [-0.15, -0.1) is 34.9 Å². The van der Waals surface area contributed by atoms with Crippen LogP contribution in [-0.4, -0.2) is 17.1 Å². The smallest absolute Gasteiger partial charge is 0.137 e. The van der Waals surface area contributed by atoms with Crippen LogP contribution in [0.15, 0.2) is 6.07 Å². The molecule has 2 heterocycles. The zero-order chi connectivity index (χ0) is 15.2. The van der Waals surface area contributed by atoms with Crippen molar-refractivity contribution in [2.24, 2.45) is 0 Å². The van der Waals surface area contributed by atoms with E-state index in [4.69, 9.17) is 10.00 Å². The zero-order valence-electron chi connectivity index (χ0n) is 12.9. The SMILES string of the molecule is CC.CC(C)(C)Oc1cc(C#N)sc1C1SCCCS1. The molecular weight excluding hydrogens is 306 g/mol. The van der Waals surface area contributed by atoms with Crippen LogP contribution in [0.4, 0.5) is 0 Å². The highest BCUT2D eigenvalue weighted by Gasteiger charge is 2.25. The van der Waals surface area contributed by atoms with Crippen molar-refractivity contribution in [2.45, 2.75) is 51.2 Å². The quantitative estimate of drug-likeness (QED) is 0.697. The molecule has 0 spiro atoms. The van der Waals surface area contributed by atoms with Crippen molar-refractivity contribution in [1.82, 2.24) is 0 Å². The van der Waals surface area contributed by atoms with Gasteiger partial charge in [0.2, 0.25) is 0 Å². The number of thiophene rings is 1. The molecule has 0 N–H and O–H groups in total. The summed E-state index contributed by atoms with van der Waals surface area (Å²) in [6.07, 6.45) is 1.28. The number of rotatable bonds is 2. The summed E-state index contributed by atoms with van der Waals surface area (Å²) in [7, 11) is 0. The molecule has 1 saturated heterocycles. The first kappa shape index (κ1) is 17.7. The van der Waals surface area contributed by atoms with E-state index in [-0.39, 0.29) is 5.60 Å². The van der Waals surface area contributed by atoms with Gasteiger partial charge in [-0.3, -0.25) is 0 Å². The summed E-state index contributed by atoms with van der Waals surface area (Å²) in [6.45, 7) is 10.1. The van der Waals surface area contributed by atoms with E-state index in [0.29, 0.717) is 4.58 Å². The highest BCUT2D eigenvalue weighted by Crippen LogP contribution is 2.50. The molecule has 1 aliphatic heterocycles. The summed E-state index contributed by atoms with van der Waals surface area (Å²) in [5, 5.41) is 9.06. The van der Waals surface area contributed by atoms with Crippen molar-refractivity contribution < 1.29 is 4.74 Å². The molecule has 5 heteroatoms. The molecule has 2 nitrogen and oxygen atoms in total. The number of ether oxygens (including phenoxy) is 1. The third-order valence-corrected chi connectivity index (χ3v) is 6.62. The van der Waals surface area contributed by atoms with Crippen molar-refractivity contribution in [2.75, 3.05) is 11.5 Å². The van der Waals surface area contributed by atoms with E-state index in [9.17, 15) is 0 Å². The molecule has 0 amide bonds. The van der Waals surface area contributed by atoms with Crippen molar-refractivity contribution in [3.8, 4) is 11.8 Å². The minimum absolute atomic E-state index is 0.216. The molecule has 1 aliphatic rings. The number of thioether (sulfide) groups is 2. The lowest BCUT2D eigenvalue weighted by Crippen LogP contribution is -2.23. The molecule has 2 rings (SSSR count). The minimum atomic E-state index is -0.216. The maximum atomic E-state index is 9.06. The van der Waals surface area contributed by atoms with Crippen molar-refractivity contribution >= 4 is 34.9 Å². The minimum Gasteiger partial charge on any atom is -0.487 e. The topological polar surface area (TPSA) is 33.0 Å². The predicted molar refractivity (Wildman–Crippen MR) is 93.0 cm³/mol. The number of nitrogens with zero attached hydrogens (tertiary/aromatic N) is 1. The Morgan fingerprint density at radius 2 is 1.85 bits per heavy atom. The second-order valence-corrected chi connectivity index (χ2v) is 8.90. The molecule has 0 unspecified atom stereocenters. The maximum absolute atomic E-state index is 9.06. The lowest BCUT2D eigenvalue weighted by Gasteiger charge is -2.25.